The molecule has 6 heteroatoms. The predicted octanol–water partition coefficient (Wildman–Crippen LogP) is 5.58. The second-order valence-corrected chi connectivity index (χ2v) is 8.16. The number of pyridine rings is 2. The molecule has 4 rings (SSSR count). The maximum Gasteiger partial charge on any atom is 0.137 e. The number of thiophene rings is 1. The topological polar surface area (TPSA) is 51.8 Å². The summed E-state index contributed by atoms with van der Waals surface area (Å²) in [5.41, 5.74) is 7.09. The van der Waals surface area contributed by atoms with Crippen LogP contribution in [0.25, 0.3) is 10.2 Å². The van der Waals surface area contributed by atoms with Crippen LogP contribution in [0.15, 0.2) is 85.9 Å². The van der Waals surface area contributed by atoms with Gasteiger partial charge in [0.25, 0.3) is 0 Å². The van der Waals surface area contributed by atoms with Crippen LogP contribution < -0.4 is 5.73 Å². The summed E-state index contributed by atoms with van der Waals surface area (Å²) >= 11 is 5.04. The van der Waals surface area contributed by atoms with Gasteiger partial charge in [0, 0.05) is 27.1 Å². The summed E-state index contributed by atoms with van der Waals surface area (Å²) in [6, 6.07) is 16.4. The maximum absolute atomic E-state index is 6.06. The third kappa shape index (κ3) is 3.26. The van der Waals surface area contributed by atoms with Gasteiger partial charge in [0.15, 0.2) is 0 Å². The Bertz CT molecular complexity index is 983. The van der Waals surface area contributed by atoms with Gasteiger partial charge in [-0.05, 0) is 35.7 Å². The van der Waals surface area contributed by atoms with E-state index in [0.29, 0.717) is 5.82 Å². The van der Waals surface area contributed by atoms with Crippen LogP contribution in [0.5, 0.6) is 0 Å². The molecule has 0 aliphatic carbocycles. The van der Waals surface area contributed by atoms with Crippen LogP contribution in [-0.4, -0.2) is 9.97 Å². The lowest BCUT2D eigenvalue weighted by atomic mass is 10.4. The Labute approximate surface area is 152 Å². The molecule has 0 fully saturated rings. The number of aromatic nitrogens is 2. The van der Waals surface area contributed by atoms with Crippen molar-refractivity contribution >= 4 is 50.9 Å². The quantitative estimate of drug-likeness (QED) is 0.510. The first-order valence-electron chi connectivity index (χ1n) is 7.28. The molecule has 0 unspecified atom stereocenters. The molecule has 0 radical (unpaired) electrons. The molecule has 3 aromatic heterocycles. The van der Waals surface area contributed by atoms with Crippen LogP contribution in [-0.2, 0) is 0 Å². The average Bonchev–Trinajstić information content (AvgIpc) is 3.09. The van der Waals surface area contributed by atoms with Gasteiger partial charge >= 0.3 is 0 Å². The Morgan fingerprint density at radius 2 is 1.71 bits per heavy atom. The van der Waals surface area contributed by atoms with Crippen LogP contribution >= 0.6 is 34.9 Å². The Morgan fingerprint density at radius 3 is 2.58 bits per heavy atom. The first-order valence-corrected chi connectivity index (χ1v) is 9.79. The van der Waals surface area contributed by atoms with E-state index in [4.69, 9.17) is 5.73 Å². The molecular weight excluding hydrogens is 354 g/mol. The highest BCUT2D eigenvalue weighted by Gasteiger charge is 2.09. The van der Waals surface area contributed by atoms with E-state index in [1.807, 2.05) is 42.7 Å². The van der Waals surface area contributed by atoms with Crippen LogP contribution in [0.2, 0.25) is 0 Å². The minimum atomic E-state index is 0.559. The van der Waals surface area contributed by atoms with Crippen molar-refractivity contribution in [2.75, 3.05) is 5.73 Å². The van der Waals surface area contributed by atoms with E-state index in [0.717, 1.165) is 20.2 Å². The summed E-state index contributed by atoms with van der Waals surface area (Å²) in [5, 5.41) is 2.07. The fourth-order valence-electron chi connectivity index (χ4n) is 2.25. The highest BCUT2D eigenvalue weighted by Crippen LogP contribution is 2.38. The zero-order valence-electron chi connectivity index (χ0n) is 12.5. The third-order valence-corrected chi connectivity index (χ3v) is 6.50. The number of nitrogen functional groups attached to an aromatic ring is 1. The van der Waals surface area contributed by atoms with E-state index in [1.165, 1.54) is 9.60 Å². The number of hydrogen-bond acceptors (Lipinski definition) is 6. The molecule has 1 aromatic carbocycles. The van der Waals surface area contributed by atoms with Crippen molar-refractivity contribution in [3.63, 3.8) is 0 Å². The molecule has 0 spiro atoms. The number of benzene rings is 1. The Morgan fingerprint density at radius 1 is 0.875 bits per heavy atom. The van der Waals surface area contributed by atoms with E-state index < -0.39 is 0 Å². The molecule has 2 N–H and O–H groups in total. The normalized spacial score (nSPS) is 11.0. The Kier molecular flexibility index (Phi) is 4.42. The molecule has 0 saturated carbocycles. The van der Waals surface area contributed by atoms with Crippen molar-refractivity contribution in [1.29, 1.82) is 0 Å². The lowest BCUT2D eigenvalue weighted by Gasteiger charge is -2.08. The van der Waals surface area contributed by atoms with Gasteiger partial charge in [0.2, 0.25) is 0 Å². The highest BCUT2D eigenvalue weighted by molar-refractivity contribution is 8.00. The lowest BCUT2D eigenvalue weighted by Crippen LogP contribution is -1.93. The first-order chi connectivity index (χ1) is 11.8. The summed E-state index contributed by atoms with van der Waals surface area (Å²) in [5.74, 6) is 0.559. The minimum Gasteiger partial charge on any atom is -0.383 e. The van der Waals surface area contributed by atoms with Gasteiger partial charge in [-0.1, -0.05) is 41.7 Å². The molecule has 0 atom stereocenters. The van der Waals surface area contributed by atoms with Crippen LogP contribution in [0.4, 0.5) is 5.82 Å². The summed E-state index contributed by atoms with van der Waals surface area (Å²) in [7, 11) is 0. The largest absolute Gasteiger partial charge is 0.383 e. The number of nitrogens with zero attached hydrogens (tertiary/aromatic N) is 2. The first kappa shape index (κ1) is 15.5. The van der Waals surface area contributed by atoms with Crippen LogP contribution in [0.3, 0.4) is 0 Å². The number of rotatable bonds is 4. The monoisotopic (exact) mass is 367 g/mol. The van der Waals surface area contributed by atoms with E-state index in [1.54, 1.807) is 34.9 Å². The van der Waals surface area contributed by atoms with Gasteiger partial charge in [0.05, 0.1) is 15.1 Å². The number of fused-ring (bicyclic) bond motifs is 1. The second-order valence-electron chi connectivity index (χ2n) is 5.02. The number of hydrogen-bond donors (Lipinski definition) is 1. The van der Waals surface area contributed by atoms with Gasteiger partial charge in [-0.2, -0.15) is 0 Å². The fraction of sp³-hybridized carbons (Fsp3) is 0. The van der Waals surface area contributed by atoms with Crippen LogP contribution in [0.1, 0.15) is 0 Å². The molecule has 24 heavy (non-hydrogen) atoms. The lowest BCUT2D eigenvalue weighted by molar-refractivity contribution is 1.17. The van der Waals surface area contributed by atoms with Gasteiger partial charge in [0.1, 0.15) is 5.82 Å². The van der Waals surface area contributed by atoms with Crippen molar-refractivity contribution < 1.29 is 0 Å². The van der Waals surface area contributed by atoms with E-state index in [9.17, 15) is 0 Å². The molecule has 0 bridgehead atoms. The summed E-state index contributed by atoms with van der Waals surface area (Å²) in [4.78, 5) is 13.1. The third-order valence-electron chi connectivity index (χ3n) is 3.36. The van der Waals surface area contributed by atoms with Crippen molar-refractivity contribution in [3.05, 3.63) is 66.3 Å². The van der Waals surface area contributed by atoms with Crippen molar-refractivity contribution in [2.24, 2.45) is 0 Å². The average molecular weight is 368 g/mol. The SMILES string of the molecule is Nc1ncc(Sc2ccnc3ccsc23)cc1Sc1ccccc1. The van der Waals surface area contributed by atoms with Gasteiger partial charge < -0.3 is 5.73 Å². The predicted molar refractivity (Wildman–Crippen MR) is 103 cm³/mol. The maximum atomic E-state index is 6.06. The van der Waals surface area contributed by atoms with Gasteiger partial charge in [-0.25, -0.2) is 4.98 Å². The zero-order chi connectivity index (χ0) is 16.4. The molecule has 0 saturated heterocycles. The molecule has 0 aliphatic heterocycles. The summed E-state index contributed by atoms with van der Waals surface area (Å²) in [6.07, 6.45) is 3.68. The minimum absolute atomic E-state index is 0.559. The molecular formula is C18H13N3S3. The molecule has 118 valence electrons. The molecule has 3 heterocycles. The van der Waals surface area contributed by atoms with Crippen LogP contribution in [0, 0.1) is 0 Å². The highest BCUT2D eigenvalue weighted by atomic mass is 32.2. The Balaban J connectivity index is 1.64. The summed E-state index contributed by atoms with van der Waals surface area (Å²) in [6.45, 7) is 0. The van der Waals surface area contributed by atoms with Crippen molar-refractivity contribution in [2.45, 2.75) is 19.6 Å². The van der Waals surface area contributed by atoms with Gasteiger partial charge in [-0.3, -0.25) is 4.98 Å². The molecule has 0 amide bonds. The molecule has 3 nitrogen and oxygen atoms in total. The fourth-order valence-corrected chi connectivity index (χ4v) is 5.10. The Hall–Kier alpha value is -2.02. The molecule has 0 aliphatic rings. The van der Waals surface area contributed by atoms with E-state index in [-0.39, 0.29) is 0 Å². The zero-order valence-corrected chi connectivity index (χ0v) is 15.0. The standard InChI is InChI=1S/C18H13N3S3/c19-18-16(23-12-4-2-1-3-5-12)10-13(11-21-18)24-15-6-8-20-14-7-9-22-17(14)15/h1-11H,(H2,19,21). The van der Waals surface area contributed by atoms with Crippen molar-refractivity contribution in [1.82, 2.24) is 9.97 Å². The van der Waals surface area contributed by atoms with Crippen molar-refractivity contribution in [3.8, 4) is 0 Å². The van der Waals surface area contributed by atoms with E-state index >= 15 is 0 Å². The smallest absolute Gasteiger partial charge is 0.137 e. The van der Waals surface area contributed by atoms with Gasteiger partial charge in [-0.15, -0.1) is 11.3 Å². The number of nitrogens with two attached hydrogens (primary N) is 1. The second kappa shape index (κ2) is 6.84. The number of anilines is 1. The molecule has 4 aromatic rings. The summed E-state index contributed by atoms with van der Waals surface area (Å²) < 4.78 is 1.21. The van der Waals surface area contributed by atoms with E-state index in [2.05, 4.69) is 33.5 Å².